The Morgan fingerprint density at radius 1 is 1.50 bits per heavy atom. The third-order valence-electron chi connectivity index (χ3n) is 2.49. The Bertz CT molecular complexity index is 441. The van der Waals surface area contributed by atoms with Crippen molar-refractivity contribution in [2.75, 3.05) is 11.9 Å². The summed E-state index contributed by atoms with van der Waals surface area (Å²) < 4.78 is 26.4. The number of anilines is 1. The molecule has 0 radical (unpaired) electrons. The normalized spacial score (nSPS) is 12.2. The summed E-state index contributed by atoms with van der Waals surface area (Å²) in [5, 5.41) is 13.5. The second kappa shape index (κ2) is 6.25. The maximum absolute atomic E-state index is 13.3. The minimum absolute atomic E-state index is 0.179. The van der Waals surface area contributed by atoms with Gasteiger partial charge >= 0.3 is 5.69 Å². The van der Waals surface area contributed by atoms with Crippen molar-refractivity contribution in [2.24, 2.45) is 5.73 Å². The van der Waals surface area contributed by atoms with Gasteiger partial charge in [-0.05, 0) is 6.42 Å². The molecule has 1 atom stereocenters. The summed E-state index contributed by atoms with van der Waals surface area (Å²) in [5.74, 6) is -2.07. The molecule has 5 nitrogen and oxygen atoms in total. The fourth-order valence-corrected chi connectivity index (χ4v) is 1.68. The largest absolute Gasteiger partial charge is 0.375 e. The summed E-state index contributed by atoms with van der Waals surface area (Å²) in [6.07, 6.45) is 1.46. The summed E-state index contributed by atoms with van der Waals surface area (Å²) >= 11 is 0. The van der Waals surface area contributed by atoms with Crippen LogP contribution in [0, 0.1) is 21.7 Å². The molecule has 0 aliphatic rings. The van der Waals surface area contributed by atoms with Crippen molar-refractivity contribution in [3.8, 4) is 0 Å². The highest BCUT2D eigenvalue weighted by Crippen LogP contribution is 2.29. The summed E-state index contributed by atoms with van der Waals surface area (Å²) in [7, 11) is 0. The van der Waals surface area contributed by atoms with Crippen LogP contribution in [0.15, 0.2) is 12.1 Å². The quantitative estimate of drug-likeness (QED) is 0.607. The first kappa shape index (κ1) is 14.3. The molecule has 0 bridgehead atoms. The Labute approximate surface area is 103 Å². The topological polar surface area (TPSA) is 81.2 Å². The van der Waals surface area contributed by atoms with Gasteiger partial charge in [-0.15, -0.1) is 0 Å². The molecule has 1 rings (SSSR count). The fourth-order valence-electron chi connectivity index (χ4n) is 1.68. The van der Waals surface area contributed by atoms with Gasteiger partial charge in [-0.3, -0.25) is 10.1 Å². The van der Waals surface area contributed by atoms with E-state index in [0.29, 0.717) is 12.5 Å². The van der Waals surface area contributed by atoms with Gasteiger partial charge in [0, 0.05) is 24.7 Å². The zero-order valence-electron chi connectivity index (χ0n) is 9.95. The van der Waals surface area contributed by atoms with Crippen LogP contribution in [-0.4, -0.2) is 17.5 Å². The minimum atomic E-state index is -1.20. The van der Waals surface area contributed by atoms with Gasteiger partial charge in [-0.25, -0.2) is 4.39 Å². The molecule has 1 aromatic rings. The van der Waals surface area contributed by atoms with Gasteiger partial charge in [0.2, 0.25) is 5.82 Å². The Morgan fingerprint density at radius 3 is 2.67 bits per heavy atom. The van der Waals surface area contributed by atoms with Crippen LogP contribution >= 0.6 is 0 Å². The maximum atomic E-state index is 13.3. The van der Waals surface area contributed by atoms with Crippen LogP contribution in [0.3, 0.4) is 0 Å². The van der Waals surface area contributed by atoms with Crippen LogP contribution in [0.2, 0.25) is 0 Å². The zero-order chi connectivity index (χ0) is 13.7. The SMILES string of the molecule is CCCC(CN)Nc1cc(F)cc(F)c1[N+](=O)[O-]. The highest BCUT2D eigenvalue weighted by molar-refractivity contribution is 5.62. The smallest absolute Gasteiger partial charge is 0.327 e. The molecular weight excluding hydrogens is 244 g/mol. The van der Waals surface area contributed by atoms with E-state index >= 15 is 0 Å². The van der Waals surface area contributed by atoms with Crippen LogP contribution in [0.5, 0.6) is 0 Å². The van der Waals surface area contributed by atoms with Crippen molar-refractivity contribution in [3.63, 3.8) is 0 Å². The molecule has 0 fully saturated rings. The number of hydrogen-bond acceptors (Lipinski definition) is 4. The van der Waals surface area contributed by atoms with E-state index in [9.17, 15) is 18.9 Å². The summed E-state index contributed by atoms with van der Waals surface area (Å²) in [6, 6.07) is 1.13. The number of benzene rings is 1. The lowest BCUT2D eigenvalue weighted by atomic mass is 10.1. The van der Waals surface area contributed by atoms with Crippen LogP contribution in [0.25, 0.3) is 0 Å². The number of rotatable bonds is 6. The molecular formula is C11H15F2N3O2. The van der Waals surface area contributed by atoms with Gasteiger partial charge in [0.25, 0.3) is 0 Å². The maximum Gasteiger partial charge on any atom is 0.327 e. The Hall–Kier alpha value is -1.76. The van der Waals surface area contributed by atoms with Crippen LogP contribution in [0.1, 0.15) is 19.8 Å². The van der Waals surface area contributed by atoms with Crippen molar-refractivity contribution in [2.45, 2.75) is 25.8 Å². The molecule has 0 saturated heterocycles. The monoisotopic (exact) mass is 259 g/mol. The lowest BCUT2D eigenvalue weighted by Crippen LogP contribution is -2.29. The first-order valence-electron chi connectivity index (χ1n) is 5.59. The van der Waals surface area contributed by atoms with Crippen molar-refractivity contribution in [1.29, 1.82) is 0 Å². The van der Waals surface area contributed by atoms with Gasteiger partial charge in [0.05, 0.1) is 4.92 Å². The van der Waals surface area contributed by atoms with Gasteiger partial charge in [0.1, 0.15) is 11.5 Å². The first-order valence-corrected chi connectivity index (χ1v) is 5.59. The minimum Gasteiger partial charge on any atom is -0.375 e. The molecule has 0 amide bonds. The molecule has 1 unspecified atom stereocenters. The predicted octanol–water partition coefficient (Wildman–Crippen LogP) is 2.41. The molecule has 0 saturated carbocycles. The van der Waals surface area contributed by atoms with E-state index in [2.05, 4.69) is 5.32 Å². The molecule has 0 aromatic heterocycles. The Morgan fingerprint density at radius 2 is 2.17 bits per heavy atom. The third-order valence-corrected chi connectivity index (χ3v) is 2.49. The van der Waals surface area contributed by atoms with Gasteiger partial charge in [-0.1, -0.05) is 13.3 Å². The van der Waals surface area contributed by atoms with E-state index in [4.69, 9.17) is 5.73 Å². The predicted molar refractivity (Wildman–Crippen MR) is 64.4 cm³/mol. The molecule has 7 heteroatoms. The zero-order valence-corrected chi connectivity index (χ0v) is 9.95. The van der Waals surface area contributed by atoms with Crippen molar-refractivity contribution in [3.05, 3.63) is 33.9 Å². The number of nitrogens with one attached hydrogen (secondary N) is 1. The summed E-state index contributed by atoms with van der Waals surface area (Å²) in [5.41, 5.74) is 4.55. The molecule has 0 aliphatic carbocycles. The molecule has 100 valence electrons. The Balaban J connectivity index is 3.09. The summed E-state index contributed by atoms with van der Waals surface area (Å²) in [4.78, 5) is 9.88. The average molecular weight is 259 g/mol. The van der Waals surface area contributed by atoms with E-state index in [1.807, 2.05) is 6.92 Å². The second-order valence-electron chi connectivity index (χ2n) is 3.91. The third kappa shape index (κ3) is 3.36. The number of hydrogen-bond donors (Lipinski definition) is 2. The highest BCUT2D eigenvalue weighted by atomic mass is 19.1. The van der Waals surface area contributed by atoms with Gasteiger partial charge in [0.15, 0.2) is 0 Å². The van der Waals surface area contributed by atoms with E-state index in [1.165, 1.54) is 0 Å². The highest BCUT2D eigenvalue weighted by Gasteiger charge is 2.23. The molecule has 0 heterocycles. The number of nitro groups is 1. The number of nitro benzene ring substituents is 1. The molecule has 18 heavy (non-hydrogen) atoms. The lowest BCUT2D eigenvalue weighted by molar-refractivity contribution is -0.386. The van der Waals surface area contributed by atoms with Crippen LogP contribution in [0.4, 0.5) is 20.2 Å². The van der Waals surface area contributed by atoms with Crippen LogP contribution in [-0.2, 0) is 0 Å². The lowest BCUT2D eigenvalue weighted by Gasteiger charge is -2.17. The molecule has 3 N–H and O–H groups in total. The van der Waals surface area contributed by atoms with Crippen molar-refractivity contribution in [1.82, 2.24) is 0 Å². The molecule has 1 aromatic carbocycles. The number of nitrogens with two attached hydrogens (primary N) is 1. The van der Waals surface area contributed by atoms with Crippen molar-refractivity contribution < 1.29 is 13.7 Å². The second-order valence-corrected chi connectivity index (χ2v) is 3.91. The molecule has 0 aliphatic heterocycles. The number of halogens is 2. The standard InChI is InChI=1S/C11H15F2N3O2/c1-2-3-8(6-14)15-10-5-7(12)4-9(13)11(10)16(17)18/h4-5,8,15H,2-3,6,14H2,1H3. The van der Waals surface area contributed by atoms with Gasteiger partial charge in [-0.2, -0.15) is 4.39 Å². The van der Waals surface area contributed by atoms with Crippen LogP contribution < -0.4 is 11.1 Å². The number of nitrogens with zero attached hydrogens (tertiary/aromatic N) is 1. The van der Waals surface area contributed by atoms with Gasteiger partial charge < -0.3 is 11.1 Å². The van der Waals surface area contributed by atoms with Crippen molar-refractivity contribution >= 4 is 11.4 Å². The Kier molecular flexibility index (Phi) is 4.96. The fraction of sp³-hybridized carbons (Fsp3) is 0.455. The van der Waals surface area contributed by atoms with E-state index in [0.717, 1.165) is 12.5 Å². The first-order chi connectivity index (χ1) is 8.49. The summed E-state index contributed by atoms with van der Waals surface area (Å²) in [6.45, 7) is 2.15. The average Bonchev–Trinajstić information content (AvgIpc) is 2.26. The van der Waals surface area contributed by atoms with E-state index in [-0.39, 0.29) is 18.3 Å². The van der Waals surface area contributed by atoms with E-state index in [1.54, 1.807) is 0 Å². The van der Waals surface area contributed by atoms with E-state index < -0.39 is 22.2 Å². The molecule has 0 spiro atoms.